The van der Waals surface area contributed by atoms with Crippen LogP contribution in [-0.2, 0) is 0 Å². The first-order valence-corrected chi connectivity index (χ1v) is 12.8. The van der Waals surface area contributed by atoms with Crippen molar-refractivity contribution in [2.75, 3.05) is 35.6 Å². The predicted molar refractivity (Wildman–Crippen MR) is 148 cm³/mol. The third-order valence-electron chi connectivity index (χ3n) is 6.43. The van der Waals surface area contributed by atoms with E-state index in [1.54, 1.807) is 18.3 Å². The molecule has 3 heterocycles. The van der Waals surface area contributed by atoms with Crippen molar-refractivity contribution in [3.63, 3.8) is 0 Å². The number of aryl methyl sites for hydroxylation is 1. The number of halogens is 2. The number of nitrogens with one attached hydrogen (secondary N) is 1. The Kier molecular flexibility index (Phi) is 7.02. The highest BCUT2D eigenvalue weighted by atomic mass is 35.5. The molecule has 1 aliphatic heterocycles. The Bertz CT molecular complexity index is 1450. The van der Waals surface area contributed by atoms with Gasteiger partial charge in [0, 0.05) is 47.5 Å². The Labute approximate surface area is 220 Å². The van der Waals surface area contributed by atoms with Gasteiger partial charge in [-0.05, 0) is 55.2 Å². The summed E-state index contributed by atoms with van der Waals surface area (Å²) >= 11 is 6.78. The molecular formula is C28H30ClFN6O. The summed E-state index contributed by atoms with van der Waals surface area (Å²) in [5.41, 5.74) is 9.81. The third-order valence-corrected chi connectivity index (χ3v) is 6.75. The van der Waals surface area contributed by atoms with E-state index in [0.717, 1.165) is 46.5 Å². The van der Waals surface area contributed by atoms with Crippen LogP contribution in [0.5, 0.6) is 5.75 Å². The maximum Gasteiger partial charge on any atom is 0.222 e. The molecule has 192 valence electrons. The lowest BCUT2D eigenvalue weighted by Gasteiger charge is -2.24. The molecule has 7 nitrogen and oxygen atoms in total. The largest absolute Gasteiger partial charge is 0.493 e. The van der Waals surface area contributed by atoms with E-state index in [2.05, 4.69) is 34.0 Å². The summed E-state index contributed by atoms with van der Waals surface area (Å²) in [6, 6.07) is 12.6. The van der Waals surface area contributed by atoms with Crippen molar-refractivity contribution in [2.24, 2.45) is 5.92 Å². The summed E-state index contributed by atoms with van der Waals surface area (Å²) in [5, 5.41) is 4.83. The minimum absolute atomic E-state index is 0.115. The van der Waals surface area contributed by atoms with Crippen LogP contribution in [0.3, 0.4) is 0 Å². The van der Waals surface area contributed by atoms with Crippen molar-refractivity contribution in [3.05, 3.63) is 65.1 Å². The van der Waals surface area contributed by atoms with E-state index in [1.807, 2.05) is 31.2 Å². The van der Waals surface area contributed by atoms with E-state index >= 15 is 0 Å². The second-order valence-corrected chi connectivity index (χ2v) is 10.3. The Morgan fingerprint density at radius 2 is 2.05 bits per heavy atom. The molecule has 1 saturated heterocycles. The molecule has 4 aromatic rings. The van der Waals surface area contributed by atoms with E-state index < -0.39 is 0 Å². The van der Waals surface area contributed by atoms with Gasteiger partial charge < -0.3 is 20.7 Å². The number of anilines is 3. The lowest BCUT2D eigenvalue weighted by molar-refractivity contribution is 0.272. The van der Waals surface area contributed by atoms with Gasteiger partial charge in [-0.1, -0.05) is 37.6 Å². The molecule has 1 aliphatic rings. The molecule has 0 aliphatic carbocycles. The molecule has 5 rings (SSSR count). The first-order chi connectivity index (χ1) is 17.8. The maximum atomic E-state index is 13.9. The number of benzene rings is 2. The normalized spacial score (nSPS) is 15.5. The molecular weight excluding hydrogens is 491 g/mol. The van der Waals surface area contributed by atoms with Crippen molar-refractivity contribution < 1.29 is 9.13 Å². The molecule has 0 saturated carbocycles. The Morgan fingerprint density at radius 1 is 1.22 bits per heavy atom. The van der Waals surface area contributed by atoms with Crippen LogP contribution in [0.25, 0.3) is 22.2 Å². The molecule has 0 spiro atoms. The van der Waals surface area contributed by atoms with Gasteiger partial charge in [0.15, 0.2) is 5.65 Å². The standard InChI is InChI=1S/C28H30ClFN6O/c1-16(2)15-37-24-6-4-5-22(29)25(24)21-11-18-13-32-28(31)35-26(18)34-27(21)36-10-9-20(14-36)33-23-12-19(30)8-7-17(23)3/h4-8,11-13,16,20,33H,9-10,14-15H2,1-3H3,(H2,31,32,34,35). The van der Waals surface area contributed by atoms with Gasteiger partial charge in [0.25, 0.3) is 0 Å². The van der Waals surface area contributed by atoms with Crippen LogP contribution in [0, 0.1) is 18.7 Å². The minimum atomic E-state index is -0.258. The summed E-state index contributed by atoms with van der Waals surface area (Å²) < 4.78 is 20.0. The molecule has 37 heavy (non-hydrogen) atoms. The highest BCUT2D eigenvalue weighted by molar-refractivity contribution is 6.34. The van der Waals surface area contributed by atoms with Gasteiger partial charge in [-0.3, -0.25) is 0 Å². The Balaban J connectivity index is 1.55. The fourth-order valence-electron chi connectivity index (χ4n) is 4.57. The maximum absolute atomic E-state index is 13.9. The van der Waals surface area contributed by atoms with Crippen LogP contribution in [0.4, 0.5) is 21.8 Å². The Hall–Kier alpha value is -3.65. The summed E-state index contributed by atoms with van der Waals surface area (Å²) in [5.74, 6) is 1.71. The summed E-state index contributed by atoms with van der Waals surface area (Å²) in [6.07, 6.45) is 2.53. The van der Waals surface area contributed by atoms with Gasteiger partial charge in [0.05, 0.1) is 11.6 Å². The number of nitrogens with two attached hydrogens (primary N) is 1. The predicted octanol–water partition coefficient (Wildman–Crippen LogP) is 6.10. The molecule has 9 heteroatoms. The molecule has 1 fully saturated rings. The van der Waals surface area contributed by atoms with Gasteiger partial charge in [-0.25, -0.2) is 14.4 Å². The van der Waals surface area contributed by atoms with Crippen LogP contribution < -0.4 is 20.7 Å². The molecule has 1 atom stereocenters. The number of nitrogens with zero attached hydrogens (tertiary/aromatic N) is 4. The number of ether oxygens (including phenoxy) is 1. The van der Waals surface area contributed by atoms with Gasteiger partial charge in [0.2, 0.25) is 5.95 Å². The van der Waals surface area contributed by atoms with Crippen molar-refractivity contribution in [3.8, 4) is 16.9 Å². The van der Waals surface area contributed by atoms with Gasteiger partial charge >= 0.3 is 0 Å². The van der Waals surface area contributed by atoms with E-state index in [1.165, 1.54) is 6.07 Å². The number of pyridine rings is 1. The van der Waals surface area contributed by atoms with E-state index in [4.69, 9.17) is 27.1 Å². The van der Waals surface area contributed by atoms with Crippen molar-refractivity contribution in [1.82, 2.24) is 15.0 Å². The van der Waals surface area contributed by atoms with Crippen molar-refractivity contribution >= 4 is 40.1 Å². The summed E-state index contributed by atoms with van der Waals surface area (Å²) in [7, 11) is 0. The molecule has 3 N–H and O–H groups in total. The number of rotatable bonds is 7. The second kappa shape index (κ2) is 10.4. The lowest BCUT2D eigenvalue weighted by atomic mass is 10.0. The van der Waals surface area contributed by atoms with E-state index in [0.29, 0.717) is 35.5 Å². The van der Waals surface area contributed by atoms with Crippen molar-refractivity contribution in [1.29, 1.82) is 0 Å². The van der Waals surface area contributed by atoms with Crippen molar-refractivity contribution in [2.45, 2.75) is 33.2 Å². The lowest BCUT2D eigenvalue weighted by Crippen LogP contribution is -2.27. The Morgan fingerprint density at radius 3 is 2.86 bits per heavy atom. The van der Waals surface area contributed by atoms with E-state index in [9.17, 15) is 4.39 Å². The number of fused-ring (bicyclic) bond motifs is 1. The fourth-order valence-corrected chi connectivity index (χ4v) is 4.84. The monoisotopic (exact) mass is 520 g/mol. The van der Waals surface area contributed by atoms with Crippen LogP contribution in [0.1, 0.15) is 25.8 Å². The quantitative estimate of drug-likeness (QED) is 0.304. The molecule has 1 unspecified atom stereocenters. The average Bonchev–Trinajstić information content (AvgIpc) is 3.32. The van der Waals surface area contributed by atoms with Gasteiger partial charge in [0.1, 0.15) is 17.4 Å². The zero-order valence-electron chi connectivity index (χ0n) is 21.1. The number of nitrogen functional groups attached to an aromatic ring is 1. The first-order valence-electron chi connectivity index (χ1n) is 12.4. The smallest absolute Gasteiger partial charge is 0.222 e. The van der Waals surface area contributed by atoms with E-state index in [-0.39, 0.29) is 17.8 Å². The van der Waals surface area contributed by atoms with Gasteiger partial charge in [-0.15, -0.1) is 0 Å². The van der Waals surface area contributed by atoms with Gasteiger partial charge in [-0.2, -0.15) is 4.98 Å². The topological polar surface area (TPSA) is 89.2 Å². The van der Waals surface area contributed by atoms with Crippen LogP contribution in [0.2, 0.25) is 5.02 Å². The van der Waals surface area contributed by atoms with Crippen LogP contribution in [-0.4, -0.2) is 40.7 Å². The highest BCUT2D eigenvalue weighted by Gasteiger charge is 2.28. The average molecular weight is 521 g/mol. The van der Waals surface area contributed by atoms with Crippen LogP contribution >= 0.6 is 11.6 Å². The number of aromatic nitrogens is 3. The molecule has 2 aromatic heterocycles. The second-order valence-electron chi connectivity index (χ2n) is 9.85. The zero-order valence-corrected chi connectivity index (χ0v) is 21.9. The SMILES string of the molecule is Cc1ccc(F)cc1NC1CCN(c2nc3nc(N)ncc3cc2-c2c(Cl)cccc2OCC(C)C)C1. The summed E-state index contributed by atoms with van der Waals surface area (Å²) in [6.45, 7) is 8.17. The minimum Gasteiger partial charge on any atom is -0.493 e. The highest BCUT2D eigenvalue weighted by Crippen LogP contribution is 2.43. The molecule has 2 aromatic carbocycles. The molecule has 0 bridgehead atoms. The zero-order chi connectivity index (χ0) is 26.1. The first kappa shape index (κ1) is 25.0. The van der Waals surface area contributed by atoms with Crippen LogP contribution in [0.15, 0.2) is 48.7 Å². The molecule has 0 amide bonds. The molecule has 0 radical (unpaired) electrons. The number of hydrogen-bond acceptors (Lipinski definition) is 7. The summed E-state index contributed by atoms with van der Waals surface area (Å²) in [4.78, 5) is 15.7. The number of hydrogen-bond donors (Lipinski definition) is 2. The third kappa shape index (κ3) is 5.39. The fraction of sp³-hybridized carbons (Fsp3) is 0.321.